The highest BCUT2D eigenvalue weighted by Gasteiger charge is 2.08. The molecule has 0 radical (unpaired) electrons. The number of aryl methyl sites for hydroxylation is 2. The summed E-state index contributed by atoms with van der Waals surface area (Å²) in [6, 6.07) is 10.7. The van der Waals surface area contributed by atoms with Crippen LogP contribution in [0.2, 0.25) is 0 Å². The molecule has 0 fully saturated rings. The Morgan fingerprint density at radius 1 is 1.17 bits per heavy atom. The Morgan fingerprint density at radius 3 is 2.28 bits per heavy atom. The van der Waals surface area contributed by atoms with Gasteiger partial charge in [-0.1, -0.05) is 0 Å². The van der Waals surface area contributed by atoms with E-state index >= 15 is 0 Å². The van der Waals surface area contributed by atoms with E-state index in [-0.39, 0.29) is 5.43 Å². The molecule has 1 aromatic carbocycles. The number of nitriles is 1. The summed E-state index contributed by atoms with van der Waals surface area (Å²) in [6.07, 6.45) is 0. The van der Waals surface area contributed by atoms with Gasteiger partial charge in [-0.15, -0.1) is 0 Å². The maximum Gasteiger partial charge on any atom is 0.182 e. The monoisotopic (exact) mass is 302 g/mol. The Hall–Kier alpha value is -1.86. The van der Waals surface area contributed by atoms with Crippen molar-refractivity contribution in [1.82, 2.24) is 4.57 Å². The maximum atomic E-state index is 11.4. The zero-order valence-corrected chi connectivity index (χ0v) is 11.7. The Morgan fingerprint density at radius 2 is 1.78 bits per heavy atom. The van der Waals surface area contributed by atoms with Crippen LogP contribution in [-0.2, 0) is 0 Å². The molecule has 0 saturated carbocycles. The number of pyridine rings is 1. The van der Waals surface area contributed by atoms with Crippen molar-refractivity contribution in [1.29, 1.82) is 5.26 Å². The molecule has 3 nitrogen and oxygen atoms in total. The van der Waals surface area contributed by atoms with Crippen LogP contribution in [-0.4, -0.2) is 4.57 Å². The van der Waals surface area contributed by atoms with Gasteiger partial charge in [0.2, 0.25) is 0 Å². The predicted octanol–water partition coefficient (Wildman–Crippen LogP) is 3.09. The molecule has 0 amide bonds. The molecule has 2 rings (SSSR count). The third kappa shape index (κ3) is 2.22. The minimum atomic E-state index is 0.00557. The number of hydrogen-bond donors (Lipinski definition) is 0. The van der Waals surface area contributed by atoms with Crippen LogP contribution in [0.3, 0.4) is 0 Å². The Labute approximate surface area is 113 Å². The molecule has 0 aliphatic carbocycles. The lowest BCUT2D eigenvalue weighted by Gasteiger charge is -2.15. The lowest BCUT2D eigenvalue weighted by Crippen LogP contribution is -2.11. The van der Waals surface area contributed by atoms with E-state index in [1.54, 1.807) is 24.3 Å². The minimum Gasteiger partial charge on any atom is -0.317 e. The molecule has 0 aliphatic rings. The first-order valence-corrected chi connectivity index (χ1v) is 6.22. The van der Waals surface area contributed by atoms with Crippen LogP contribution in [0.5, 0.6) is 0 Å². The number of rotatable bonds is 1. The molecule has 0 aliphatic heterocycles. The van der Waals surface area contributed by atoms with Crippen LogP contribution in [0, 0.1) is 25.2 Å². The van der Waals surface area contributed by atoms with Gasteiger partial charge in [-0.2, -0.15) is 5.26 Å². The third-order valence-corrected chi connectivity index (χ3v) is 3.36. The first kappa shape index (κ1) is 12.6. The second-order valence-corrected chi connectivity index (χ2v) is 4.94. The Balaban J connectivity index is 2.71. The topological polar surface area (TPSA) is 45.8 Å². The summed E-state index contributed by atoms with van der Waals surface area (Å²) < 4.78 is 2.81. The fourth-order valence-electron chi connectivity index (χ4n) is 2.00. The van der Waals surface area contributed by atoms with Crippen molar-refractivity contribution in [3.8, 4) is 11.8 Å². The summed E-state index contributed by atoms with van der Waals surface area (Å²) in [6.45, 7) is 3.78. The molecule has 18 heavy (non-hydrogen) atoms. The molecule has 1 aromatic heterocycles. The summed E-state index contributed by atoms with van der Waals surface area (Å²) in [5.41, 5.74) is 3.26. The highest BCUT2D eigenvalue weighted by atomic mass is 79.9. The molecule has 0 spiro atoms. The summed E-state index contributed by atoms with van der Waals surface area (Å²) in [4.78, 5) is 11.4. The number of nitrogens with zero attached hydrogens (tertiary/aromatic N) is 2. The van der Waals surface area contributed by atoms with E-state index in [2.05, 4.69) is 22.0 Å². The number of hydrogen-bond acceptors (Lipinski definition) is 2. The van der Waals surface area contributed by atoms with Crippen LogP contribution in [0.25, 0.3) is 5.69 Å². The largest absolute Gasteiger partial charge is 0.317 e. The van der Waals surface area contributed by atoms with Crippen molar-refractivity contribution in [3.05, 3.63) is 62.0 Å². The molecule has 0 saturated heterocycles. The van der Waals surface area contributed by atoms with Gasteiger partial charge in [-0.05, 0) is 48.0 Å². The Bertz CT molecular complexity index is 684. The van der Waals surface area contributed by atoms with E-state index in [4.69, 9.17) is 5.26 Å². The normalized spacial score (nSPS) is 10.1. The van der Waals surface area contributed by atoms with Crippen molar-refractivity contribution >= 4 is 15.9 Å². The van der Waals surface area contributed by atoms with Gasteiger partial charge in [0.25, 0.3) is 0 Å². The van der Waals surface area contributed by atoms with E-state index in [9.17, 15) is 4.79 Å². The molecule has 90 valence electrons. The molecule has 0 unspecified atom stereocenters. The zero-order valence-electron chi connectivity index (χ0n) is 10.1. The molecular formula is C14H11BrN2O. The van der Waals surface area contributed by atoms with E-state index in [0.29, 0.717) is 5.56 Å². The van der Waals surface area contributed by atoms with Gasteiger partial charge in [0.15, 0.2) is 5.43 Å². The smallest absolute Gasteiger partial charge is 0.182 e. The molecule has 0 atom stereocenters. The van der Waals surface area contributed by atoms with E-state index in [1.807, 2.05) is 24.5 Å². The van der Waals surface area contributed by atoms with Crippen LogP contribution < -0.4 is 5.43 Å². The Kier molecular flexibility index (Phi) is 3.35. The second-order valence-electron chi connectivity index (χ2n) is 4.09. The summed E-state index contributed by atoms with van der Waals surface area (Å²) >= 11 is 3.46. The first-order valence-electron chi connectivity index (χ1n) is 5.43. The SMILES string of the molecule is Cc1cc(=O)cc(C)n1-c1ccc(C#N)cc1Br. The lowest BCUT2D eigenvalue weighted by molar-refractivity contribution is 0.917. The van der Waals surface area contributed by atoms with Gasteiger partial charge < -0.3 is 4.57 Å². The zero-order chi connectivity index (χ0) is 13.3. The molecule has 0 bridgehead atoms. The minimum absolute atomic E-state index is 0.00557. The van der Waals surface area contributed by atoms with Crippen LogP contribution in [0.15, 0.2) is 39.6 Å². The summed E-state index contributed by atoms with van der Waals surface area (Å²) in [5, 5.41) is 8.85. The number of halogens is 1. The predicted molar refractivity (Wildman–Crippen MR) is 73.9 cm³/mol. The van der Waals surface area contributed by atoms with Crippen molar-refractivity contribution in [2.24, 2.45) is 0 Å². The standard InChI is InChI=1S/C14H11BrN2O/c1-9-5-12(18)6-10(2)17(9)14-4-3-11(8-16)7-13(14)15/h3-7H,1-2H3. The molecule has 0 N–H and O–H groups in total. The number of aromatic nitrogens is 1. The van der Waals surface area contributed by atoms with Gasteiger partial charge in [0, 0.05) is 28.0 Å². The van der Waals surface area contributed by atoms with E-state index < -0.39 is 0 Å². The fourth-order valence-corrected chi connectivity index (χ4v) is 2.55. The van der Waals surface area contributed by atoms with Crippen molar-refractivity contribution in [2.75, 3.05) is 0 Å². The fraction of sp³-hybridized carbons (Fsp3) is 0.143. The van der Waals surface area contributed by atoms with Gasteiger partial charge in [0.1, 0.15) is 0 Å². The molecule has 1 heterocycles. The van der Waals surface area contributed by atoms with Crippen molar-refractivity contribution in [3.63, 3.8) is 0 Å². The average molecular weight is 303 g/mol. The van der Waals surface area contributed by atoms with Crippen LogP contribution >= 0.6 is 15.9 Å². The second kappa shape index (κ2) is 4.79. The molecular weight excluding hydrogens is 292 g/mol. The van der Waals surface area contributed by atoms with Crippen LogP contribution in [0.4, 0.5) is 0 Å². The highest BCUT2D eigenvalue weighted by molar-refractivity contribution is 9.10. The van der Waals surface area contributed by atoms with Gasteiger partial charge in [-0.3, -0.25) is 4.79 Å². The quantitative estimate of drug-likeness (QED) is 0.812. The van der Waals surface area contributed by atoms with E-state index in [0.717, 1.165) is 21.5 Å². The molecule has 4 heteroatoms. The number of benzene rings is 1. The average Bonchev–Trinajstić information content (AvgIpc) is 2.29. The first-order chi connectivity index (χ1) is 8.52. The third-order valence-electron chi connectivity index (χ3n) is 2.73. The van der Waals surface area contributed by atoms with Gasteiger partial charge in [0.05, 0.1) is 17.3 Å². The van der Waals surface area contributed by atoms with Gasteiger partial charge >= 0.3 is 0 Å². The summed E-state index contributed by atoms with van der Waals surface area (Å²) in [5.74, 6) is 0. The van der Waals surface area contributed by atoms with Crippen molar-refractivity contribution < 1.29 is 0 Å². The van der Waals surface area contributed by atoms with Gasteiger partial charge in [-0.25, -0.2) is 0 Å². The molecule has 2 aromatic rings. The lowest BCUT2D eigenvalue weighted by atomic mass is 10.2. The van der Waals surface area contributed by atoms with Crippen LogP contribution in [0.1, 0.15) is 17.0 Å². The maximum absolute atomic E-state index is 11.4. The summed E-state index contributed by atoms with van der Waals surface area (Å²) in [7, 11) is 0. The van der Waals surface area contributed by atoms with Crippen molar-refractivity contribution in [2.45, 2.75) is 13.8 Å². The highest BCUT2D eigenvalue weighted by Crippen LogP contribution is 2.24. The van der Waals surface area contributed by atoms with E-state index in [1.165, 1.54) is 0 Å².